The van der Waals surface area contributed by atoms with Gasteiger partial charge in [0, 0.05) is 51.4 Å². The topological polar surface area (TPSA) is 106 Å². The van der Waals surface area contributed by atoms with Crippen LogP contribution < -0.4 is 10.3 Å². The van der Waals surface area contributed by atoms with E-state index in [-0.39, 0.29) is 23.1 Å². The Labute approximate surface area is 208 Å². The summed E-state index contributed by atoms with van der Waals surface area (Å²) in [6, 6.07) is 13.3. The van der Waals surface area contributed by atoms with Crippen LogP contribution >= 0.6 is 0 Å². The van der Waals surface area contributed by atoms with Crippen molar-refractivity contribution in [3.8, 4) is 5.75 Å². The first kappa shape index (κ1) is 23.7. The Morgan fingerprint density at radius 3 is 2.75 bits per heavy atom. The molecule has 0 spiro atoms. The van der Waals surface area contributed by atoms with Crippen molar-refractivity contribution in [2.24, 2.45) is 0 Å². The van der Waals surface area contributed by atoms with E-state index in [2.05, 4.69) is 26.3 Å². The van der Waals surface area contributed by atoms with Crippen LogP contribution in [0.1, 0.15) is 40.2 Å². The lowest BCUT2D eigenvalue weighted by Gasteiger charge is -2.32. The second-order valence-corrected chi connectivity index (χ2v) is 9.13. The molecule has 1 aromatic carbocycles. The molecule has 0 bridgehead atoms. The molecule has 0 atom stereocenters. The van der Waals surface area contributed by atoms with Gasteiger partial charge in [-0.1, -0.05) is 28.5 Å². The van der Waals surface area contributed by atoms with Gasteiger partial charge in [-0.15, -0.1) is 0 Å². The molecule has 0 saturated carbocycles. The molecule has 1 fully saturated rings. The van der Waals surface area contributed by atoms with Gasteiger partial charge in [-0.3, -0.25) is 18.9 Å². The molecule has 1 aliphatic rings. The average molecular weight is 489 g/mol. The second-order valence-electron chi connectivity index (χ2n) is 9.13. The van der Waals surface area contributed by atoms with E-state index in [1.807, 2.05) is 32.2 Å². The number of piperidine rings is 1. The van der Waals surface area contributed by atoms with Gasteiger partial charge in [0.15, 0.2) is 0 Å². The number of hydrogen-bond donors (Lipinski definition) is 0. The van der Waals surface area contributed by atoms with E-state index in [1.165, 1.54) is 10.6 Å². The maximum Gasteiger partial charge on any atom is 0.270 e. The zero-order valence-corrected chi connectivity index (χ0v) is 20.3. The number of aryl methyl sites for hydroxylation is 1. The fourth-order valence-electron chi connectivity index (χ4n) is 4.45. The summed E-state index contributed by atoms with van der Waals surface area (Å²) in [5.74, 6) is 0.522. The quantitative estimate of drug-likeness (QED) is 0.391. The molecular formula is C26H28N6O4. The third-order valence-electron chi connectivity index (χ3n) is 6.39. The molecular weight excluding hydrogens is 460 g/mol. The Kier molecular flexibility index (Phi) is 6.77. The lowest BCUT2D eigenvalue weighted by atomic mass is 10.1. The summed E-state index contributed by atoms with van der Waals surface area (Å²) >= 11 is 0. The molecule has 36 heavy (non-hydrogen) atoms. The van der Waals surface area contributed by atoms with Crippen LogP contribution in [0.4, 0.5) is 0 Å². The number of pyridine rings is 1. The standard InChI is InChI=1S/C26H28N6O4/c1-18-23(29-36-28-18)17-30(2)16-19-6-5-7-21(14-19)35-20-9-12-31(13-10-20)25(33)22-15-27-24-8-3-4-11-32(24)26(22)34/h3-8,11,14-15,20H,9-10,12-13,16-17H2,1-2H3. The van der Waals surface area contributed by atoms with Crippen LogP contribution in [0.15, 0.2) is 64.3 Å². The summed E-state index contributed by atoms with van der Waals surface area (Å²) < 4.78 is 12.4. The van der Waals surface area contributed by atoms with Crippen molar-refractivity contribution in [3.05, 3.63) is 87.7 Å². The number of likely N-dealkylation sites (tertiary alicyclic amines) is 1. The number of aromatic nitrogens is 4. The molecule has 1 saturated heterocycles. The largest absolute Gasteiger partial charge is 0.490 e. The van der Waals surface area contributed by atoms with Gasteiger partial charge in [-0.2, -0.15) is 0 Å². The lowest BCUT2D eigenvalue weighted by Crippen LogP contribution is -2.43. The fraction of sp³-hybridized carbons (Fsp3) is 0.346. The molecule has 3 aromatic heterocycles. The molecule has 10 nitrogen and oxygen atoms in total. The van der Waals surface area contributed by atoms with Crippen LogP contribution in [-0.2, 0) is 13.1 Å². The van der Waals surface area contributed by atoms with Crippen molar-refractivity contribution in [2.75, 3.05) is 20.1 Å². The van der Waals surface area contributed by atoms with Gasteiger partial charge in [0.05, 0.1) is 0 Å². The molecule has 10 heteroatoms. The minimum atomic E-state index is -0.347. The molecule has 1 aliphatic heterocycles. The third-order valence-corrected chi connectivity index (χ3v) is 6.39. The van der Waals surface area contributed by atoms with Crippen LogP contribution in [0, 0.1) is 6.92 Å². The molecule has 0 aliphatic carbocycles. The maximum atomic E-state index is 13.0. The second kappa shape index (κ2) is 10.3. The van der Waals surface area contributed by atoms with Gasteiger partial charge in [0.1, 0.15) is 34.5 Å². The average Bonchev–Trinajstić information content (AvgIpc) is 3.28. The van der Waals surface area contributed by atoms with Gasteiger partial charge in [0.2, 0.25) is 0 Å². The number of amides is 1. The van der Waals surface area contributed by atoms with Crippen molar-refractivity contribution in [3.63, 3.8) is 0 Å². The van der Waals surface area contributed by atoms with Crippen LogP contribution in [0.3, 0.4) is 0 Å². The first-order valence-electron chi connectivity index (χ1n) is 12.0. The summed E-state index contributed by atoms with van der Waals surface area (Å²) in [6.45, 7) is 4.29. The number of benzene rings is 1. The molecule has 0 N–H and O–H groups in total. The summed E-state index contributed by atoms with van der Waals surface area (Å²) in [7, 11) is 2.02. The van der Waals surface area contributed by atoms with Crippen molar-refractivity contribution >= 4 is 11.6 Å². The summed E-state index contributed by atoms with van der Waals surface area (Å²) in [5, 5.41) is 7.77. The highest BCUT2D eigenvalue weighted by Crippen LogP contribution is 2.22. The van der Waals surface area contributed by atoms with Crippen molar-refractivity contribution < 1.29 is 14.2 Å². The van der Waals surface area contributed by atoms with E-state index in [0.29, 0.717) is 38.1 Å². The first-order valence-corrected chi connectivity index (χ1v) is 12.0. The summed E-state index contributed by atoms with van der Waals surface area (Å²) in [5.41, 5.74) is 3.01. The SMILES string of the molecule is Cc1nonc1CN(C)Cc1cccc(OC2CCN(C(=O)c3cnc4ccccn4c3=O)CC2)c1. The zero-order valence-electron chi connectivity index (χ0n) is 20.3. The van der Waals surface area contributed by atoms with Gasteiger partial charge in [-0.05, 0) is 43.8 Å². The fourth-order valence-corrected chi connectivity index (χ4v) is 4.45. The predicted molar refractivity (Wildman–Crippen MR) is 132 cm³/mol. The van der Waals surface area contributed by atoms with E-state index in [1.54, 1.807) is 29.3 Å². The van der Waals surface area contributed by atoms with Gasteiger partial charge in [0.25, 0.3) is 11.5 Å². The number of ether oxygens (including phenoxy) is 1. The van der Waals surface area contributed by atoms with Crippen LogP contribution in [0.2, 0.25) is 0 Å². The number of fused-ring (bicyclic) bond motifs is 1. The minimum absolute atomic E-state index is 0.00158. The highest BCUT2D eigenvalue weighted by atomic mass is 16.6. The molecule has 5 rings (SSSR count). The lowest BCUT2D eigenvalue weighted by molar-refractivity contribution is 0.0593. The van der Waals surface area contributed by atoms with Gasteiger partial charge in [-0.25, -0.2) is 9.61 Å². The normalized spacial score (nSPS) is 14.5. The number of carbonyl (C=O) groups excluding carboxylic acids is 1. The molecule has 0 unspecified atom stereocenters. The molecule has 0 radical (unpaired) electrons. The van der Waals surface area contributed by atoms with Crippen LogP contribution in [0.5, 0.6) is 5.75 Å². The molecule has 186 valence electrons. The van der Waals surface area contributed by atoms with Crippen molar-refractivity contribution in [2.45, 2.75) is 39.0 Å². The van der Waals surface area contributed by atoms with E-state index in [9.17, 15) is 9.59 Å². The van der Waals surface area contributed by atoms with Crippen LogP contribution in [-0.4, -0.2) is 61.6 Å². The number of rotatable bonds is 7. The van der Waals surface area contributed by atoms with E-state index < -0.39 is 0 Å². The molecule has 1 amide bonds. The minimum Gasteiger partial charge on any atom is -0.490 e. The smallest absolute Gasteiger partial charge is 0.270 e. The van der Waals surface area contributed by atoms with E-state index >= 15 is 0 Å². The predicted octanol–water partition coefficient (Wildman–Crippen LogP) is 2.70. The Morgan fingerprint density at radius 2 is 1.97 bits per heavy atom. The van der Waals surface area contributed by atoms with Crippen LogP contribution in [0.25, 0.3) is 5.65 Å². The number of hydrogen-bond acceptors (Lipinski definition) is 8. The highest BCUT2D eigenvalue weighted by Gasteiger charge is 2.27. The first-order chi connectivity index (χ1) is 17.5. The summed E-state index contributed by atoms with van der Waals surface area (Å²) in [4.78, 5) is 33.9. The van der Waals surface area contributed by atoms with Gasteiger partial charge < -0.3 is 9.64 Å². The molecule has 4 heterocycles. The maximum absolute atomic E-state index is 13.0. The zero-order chi connectivity index (χ0) is 25.1. The Bertz CT molecular complexity index is 1420. The number of carbonyl (C=O) groups is 1. The number of nitrogens with zero attached hydrogens (tertiary/aromatic N) is 6. The van der Waals surface area contributed by atoms with Crippen molar-refractivity contribution in [1.29, 1.82) is 0 Å². The third kappa shape index (κ3) is 5.13. The van der Waals surface area contributed by atoms with E-state index in [4.69, 9.17) is 9.37 Å². The molecule has 4 aromatic rings. The van der Waals surface area contributed by atoms with Crippen molar-refractivity contribution in [1.82, 2.24) is 29.5 Å². The Balaban J connectivity index is 1.17. The Hall–Kier alpha value is -4.05. The van der Waals surface area contributed by atoms with E-state index in [0.717, 1.165) is 29.2 Å². The highest BCUT2D eigenvalue weighted by molar-refractivity contribution is 5.93. The van der Waals surface area contributed by atoms with Gasteiger partial charge >= 0.3 is 0 Å². The summed E-state index contributed by atoms with van der Waals surface area (Å²) in [6.07, 6.45) is 4.39. The monoisotopic (exact) mass is 488 g/mol. The Morgan fingerprint density at radius 1 is 1.14 bits per heavy atom.